The maximum Gasteiger partial charge on any atom is 0.205 e. The summed E-state index contributed by atoms with van der Waals surface area (Å²) in [5.41, 5.74) is 4.61. The first kappa shape index (κ1) is 15.4. The molecule has 23 heavy (non-hydrogen) atoms. The molecule has 0 saturated carbocycles. The molecule has 0 saturated heterocycles. The van der Waals surface area contributed by atoms with Gasteiger partial charge in [0.25, 0.3) is 0 Å². The molecular formula is C19H19N3S. The molecule has 0 fully saturated rings. The molecule has 0 aliphatic carbocycles. The molecule has 3 aromatic rings. The molecule has 2 aromatic carbocycles. The summed E-state index contributed by atoms with van der Waals surface area (Å²) in [7, 11) is 0. The highest BCUT2D eigenvalue weighted by Crippen LogP contribution is 2.18. The Morgan fingerprint density at radius 1 is 1.00 bits per heavy atom. The fourth-order valence-corrected chi connectivity index (χ4v) is 3.16. The first-order valence-electron chi connectivity index (χ1n) is 7.65. The second-order valence-corrected chi connectivity index (χ2v) is 6.01. The van der Waals surface area contributed by atoms with Gasteiger partial charge in [-0.15, -0.1) is 11.3 Å². The Bertz CT molecular complexity index is 856. The van der Waals surface area contributed by atoms with E-state index in [1.54, 1.807) is 11.3 Å². The lowest BCUT2D eigenvalue weighted by atomic mass is 10.0. The highest BCUT2D eigenvalue weighted by Gasteiger charge is 1.99. The lowest BCUT2D eigenvalue weighted by Crippen LogP contribution is -2.12. The van der Waals surface area contributed by atoms with Crippen molar-refractivity contribution in [3.05, 3.63) is 76.0 Å². The maximum absolute atomic E-state index is 4.57. The molecular weight excluding hydrogens is 302 g/mol. The summed E-state index contributed by atoms with van der Waals surface area (Å²) in [6, 6.07) is 18.8. The van der Waals surface area contributed by atoms with Crippen LogP contribution in [-0.2, 0) is 0 Å². The van der Waals surface area contributed by atoms with Crippen LogP contribution in [0.25, 0.3) is 11.1 Å². The maximum atomic E-state index is 4.57. The van der Waals surface area contributed by atoms with E-state index in [4.69, 9.17) is 0 Å². The molecule has 0 aliphatic heterocycles. The normalized spacial score (nSPS) is 12.2. The fourth-order valence-electron chi connectivity index (χ4n) is 2.29. The van der Waals surface area contributed by atoms with Gasteiger partial charge in [-0.3, -0.25) is 4.99 Å². The van der Waals surface area contributed by atoms with Crippen LogP contribution in [0.1, 0.15) is 18.2 Å². The Morgan fingerprint density at radius 3 is 2.39 bits per heavy atom. The quantitative estimate of drug-likeness (QED) is 0.640. The summed E-state index contributed by atoms with van der Waals surface area (Å²) in [5, 5.41) is 6.64. The molecule has 0 bridgehead atoms. The summed E-state index contributed by atoms with van der Waals surface area (Å²) in [6.07, 6.45) is 1.88. The van der Waals surface area contributed by atoms with Crippen LogP contribution in [-0.4, -0.2) is 17.4 Å². The predicted molar refractivity (Wildman–Crippen MR) is 98.0 cm³/mol. The Balaban J connectivity index is 1.84. The fraction of sp³-hybridized carbons (Fsp3) is 0.158. The molecule has 0 aliphatic rings. The number of aryl methyl sites for hydroxylation is 1. The number of rotatable bonds is 4. The number of nitrogens with zero attached hydrogens (tertiary/aromatic N) is 3. The van der Waals surface area contributed by atoms with Crippen LogP contribution < -0.4 is 4.80 Å². The van der Waals surface area contributed by atoms with Gasteiger partial charge in [-0.2, -0.15) is 5.10 Å². The number of aromatic nitrogens is 1. The molecule has 0 spiro atoms. The highest BCUT2D eigenvalue weighted by atomic mass is 32.1. The highest BCUT2D eigenvalue weighted by molar-refractivity contribution is 7.07. The lowest BCUT2D eigenvalue weighted by molar-refractivity contribution is 0.794. The third-order valence-corrected chi connectivity index (χ3v) is 4.46. The van der Waals surface area contributed by atoms with Gasteiger partial charge >= 0.3 is 0 Å². The van der Waals surface area contributed by atoms with Gasteiger partial charge in [0, 0.05) is 11.9 Å². The zero-order chi connectivity index (χ0) is 16.1. The van der Waals surface area contributed by atoms with E-state index >= 15 is 0 Å². The lowest BCUT2D eigenvalue weighted by Gasteiger charge is -2.02. The molecule has 0 atom stereocenters. The molecule has 116 valence electrons. The number of benzene rings is 2. The molecule has 3 nitrogen and oxygen atoms in total. The standard InChI is InChI=1S/C19H19N3S/c1-3-20-19-22(15(2)14-23-19)21-13-16-9-11-18(12-10-16)17-7-5-4-6-8-17/h4-14H,3H2,1-2H3. The van der Waals surface area contributed by atoms with Crippen LogP contribution >= 0.6 is 11.3 Å². The van der Waals surface area contributed by atoms with Crippen molar-refractivity contribution < 1.29 is 0 Å². The topological polar surface area (TPSA) is 29.6 Å². The number of hydrogen-bond donors (Lipinski definition) is 0. The van der Waals surface area contributed by atoms with Crippen LogP contribution in [0.2, 0.25) is 0 Å². The van der Waals surface area contributed by atoms with E-state index in [1.807, 2.05) is 30.8 Å². The molecule has 0 N–H and O–H groups in total. The van der Waals surface area contributed by atoms with Gasteiger partial charge in [0.2, 0.25) is 4.80 Å². The predicted octanol–water partition coefficient (Wildman–Crippen LogP) is 4.33. The van der Waals surface area contributed by atoms with Gasteiger partial charge in [0.1, 0.15) is 0 Å². The minimum atomic E-state index is 0.765. The van der Waals surface area contributed by atoms with Crippen molar-refractivity contribution in [1.29, 1.82) is 0 Å². The number of thiazole rings is 1. The zero-order valence-electron chi connectivity index (χ0n) is 13.3. The van der Waals surface area contributed by atoms with Crippen LogP contribution in [0.3, 0.4) is 0 Å². The van der Waals surface area contributed by atoms with E-state index < -0.39 is 0 Å². The van der Waals surface area contributed by atoms with Crippen molar-refractivity contribution in [3.8, 4) is 11.1 Å². The SMILES string of the molecule is CCN=c1scc(C)n1N=Cc1ccc(-c2ccccc2)cc1. The average molecular weight is 321 g/mol. The van der Waals surface area contributed by atoms with Gasteiger partial charge in [0.15, 0.2) is 0 Å². The van der Waals surface area contributed by atoms with E-state index in [9.17, 15) is 0 Å². The molecule has 1 aromatic heterocycles. The summed E-state index contributed by atoms with van der Waals surface area (Å²) in [4.78, 5) is 5.39. The van der Waals surface area contributed by atoms with Crippen molar-refractivity contribution in [1.82, 2.24) is 4.68 Å². The van der Waals surface area contributed by atoms with Crippen LogP contribution in [0.4, 0.5) is 0 Å². The molecule has 3 rings (SSSR count). The summed E-state index contributed by atoms with van der Waals surface area (Å²) >= 11 is 1.62. The molecule has 0 unspecified atom stereocenters. The van der Waals surface area contributed by atoms with Gasteiger partial charge in [0.05, 0.1) is 11.9 Å². The van der Waals surface area contributed by atoms with Crippen molar-refractivity contribution in [2.75, 3.05) is 6.54 Å². The van der Waals surface area contributed by atoms with E-state index in [0.29, 0.717) is 0 Å². The third-order valence-electron chi connectivity index (χ3n) is 3.48. The van der Waals surface area contributed by atoms with Gasteiger partial charge in [-0.25, -0.2) is 4.68 Å². The van der Waals surface area contributed by atoms with Gasteiger partial charge in [-0.1, -0.05) is 54.6 Å². The average Bonchev–Trinajstić information content (AvgIpc) is 2.95. The Kier molecular flexibility index (Phi) is 4.83. The van der Waals surface area contributed by atoms with Crippen molar-refractivity contribution >= 4 is 17.6 Å². The van der Waals surface area contributed by atoms with Crippen molar-refractivity contribution in [2.24, 2.45) is 10.1 Å². The Labute approximate surface area is 140 Å². The van der Waals surface area contributed by atoms with Crippen molar-refractivity contribution in [3.63, 3.8) is 0 Å². The summed E-state index contributed by atoms with van der Waals surface area (Å²) < 4.78 is 1.89. The van der Waals surface area contributed by atoms with E-state index in [2.05, 4.69) is 64.0 Å². The Morgan fingerprint density at radius 2 is 1.70 bits per heavy atom. The first-order chi connectivity index (χ1) is 11.3. The monoisotopic (exact) mass is 321 g/mol. The molecule has 4 heteroatoms. The van der Waals surface area contributed by atoms with Crippen LogP contribution in [0.5, 0.6) is 0 Å². The van der Waals surface area contributed by atoms with E-state index in [-0.39, 0.29) is 0 Å². The molecule has 0 radical (unpaired) electrons. The molecule has 0 amide bonds. The number of hydrogen-bond acceptors (Lipinski definition) is 3. The van der Waals surface area contributed by atoms with E-state index in [1.165, 1.54) is 11.1 Å². The van der Waals surface area contributed by atoms with Gasteiger partial charge in [-0.05, 0) is 30.5 Å². The van der Waals surface area contributed by atoms with E-state index in [0.717, 1.165) is 22.6 Å². The summed E-state index contributed by atoms with van der Waals surface area (Å²) in [5.74, 6) is 0. The second kappa shape index (κ2) is 7.20. The minimum Gasteiger partial charge on any atom is -0.258 e. The first-order valence-corrected chi connectivity index (χ1v) is 8.53. The summed E-state index contributed by atoms with van der Waals surface area (Å²) in [6.45, 7) is 4.84. The van der Waals surface area contributed by atoms with Crippen LogP contribution in [0, 0.1) is 6.92 Å². The minimum absolute atomic E-state index is 0.765. The third kappa shape index (κ3) is 3.66. The van der Waals surface area contributed by atoms with Crippen LogP contribution in [0.15, 0.2) is 70.1 Å². The molecule has 1 heterocycles. The smallest absolute Gasteiger partial charge is 0.205 e. The zero-order valence-corrected chi connectivity index (χ0v) is 14.1. The van der Waals surface area contributed by atoms with Gasteiger partial charge < -0.3 is 0 Å². The second-order valence-electron chi connectivity index (χ2n) is 5.18. The van der Waals surface area contributed by atoms with Crippen molar-refractivity contribution in [2.45, 2.75) is 13.8 Å². The largest absolute Gasteiger partial charge is 0.258 e. The Hall–Kier alpha value is -2.46.